The molecule has 1 saturated heterocycles. The number of fused-ring (bicyclic) bond motifs is 1. The Bertz CT molecular complexity index is 1240. The zero-order chi connectivity index (χ0) is 23.8. The molecular formula is C23H31N5O4S. The van der Waals surface area contributed by atoms with Crippen LogP contribution in [0.4, 0.5) is 5.95 Å². The van der Waals surface area contributed by atoms with E-state index in [-0.39, 0.29) is 22.9 Å². The van der Waals surface area contributed by atoms with Gasteiger partial charge in [-0.1, -0.05) is 5.92 Å². The van der Waals surface area contributed by atoms with Crippen molar-refractivity contribution in [2.24, 2.45) is 0 Å². The Hall–Kier alpha value is -2.48. The monoisotopic (exact) mass is 473 g/mol. The summed E-state index contributed by atoms with van der Waals surface area (Å²) in [5.74, 6) is 3.05. The van der Waals surface area contributed by atoms with E-state index in [1.807, 2.05) is 0 Å². The van der Waals surface area contributed by atoms with Gasteiger partial charge in [-0.2, -0.15) is 4.98 Å². The molecule has 1 aliphatic heterocycles. The van der Waals surface area contributed by atoms with Gasteiger partial charge in [0, 0.05) is 43.5 Å². The Morgan fingerprint density at radius 3 is 2.67 bits per heavy atom. The second-order valence-corrected chi connectivity index (χ2v) is 11.8. The van der Waals surface area contributed by atoms with Crippen LogP contribution in [-0.2, 0) is 9.84 Å². The number of hydrogen-bond donors (Lipinski definition) is 2. The summed E-state index contributed by atoms with van der Waals surface area (Å²) >= 11 is 0. The average molecular weight is 474 g/mol. The number of terminal acetylenes is 1. The van der Waals surface area contributed by atoms with Gasteiger partial charge in [0.25, 0.3) is 5.56 Å². The molecule has 0 amide bonds. The highest BCUT2D eigenvalue weighted by Gasteiger charge is 2.39. The van der Waals surface area contributed by atoms with Crippen molar-refractivity contribution in [1.82, 2.24) is 19.4 Å². The molecular weight excluding hydrogens is 442 g/mol. The average Bonchev–Trinajstić information content (AvgIpc) is 3.11. The number of aliphatic hydroxyl groups is 1. The third-order valence-electron chi connectivity index (χ3n) is 6.82. The lowest BCUT2D eigenvalue weighted by Gasteiger charge is -2.32. The molecule has 0 spiro atoms. The second kappa shape index (κ2) is 9.05. The van der Waals surface area contributed by atoms with Crippen molar-refractivity contribution in [3.05, 3.63) is 28.2 Å². The van der Waals surface area contributed by atoms with E-state index in [4.69, 9.17) is 6.42 Å². The van der Waals surface area contributed by atoms with Crippen molar-refractivity contribution in [3.63, 3.8) is 0 Å². The SMILES string of the molecule is C#Cc1cc2cnc(NC3CCN(CCS(C)(=O)=O)CC3)nc2n([C@@H]2CCC[C@@]2(C)O)c1=O. The number of likely N-dealkylation sites (tertiary alicyclic amines) is 1. The number of piperidine rings is 1. The Morgan fingerprint density at radius 2 is 2.06 bits per heavy atom. The van der Waals surface area contributed by atoms with E-state index in [1.165, 1.54) is 6.26 Å². The van der Waals surface area contributed by atoms with Gasteiger partial charge in [-0.3, -0.25) is 9.36 Å². The van der Waals surface area contributed by atoms with Gasteiger partial charge in [-0.05, 0) is 45.1 Å². The highest BCUT2D eigenvalue weighted by atomic mass is 32.2. The third kappa shape index (κ3) is 5.21. The standard InChI is InChI=1S/C23H31N5O4S/c1-4-16-14-17-15-24-22(25-18-7-10-27(11-8-18)12-13-33(3,31)32)26-20(17)28(21(16)29)19-6-5-9-23(19,2)30/h1,14-15,18-19,30H,5-13H2,2-3H3,(H,24,25,26)/t19-,23-/m1/s1. The second-order valence-electron chi connectivity index (χ2n) is 9.51. The van der Waals surface area contributed by atoms with Crippen LogP contribution in [0.15, 0.2) is 17.1 Å². The summed E-state index contributed by atoms with van der Waals surface area (Å²) in [6, 6.07) is 1.38. The number of sulfone groups is 1. The highest BCUT2D eigenvalue weighted by molar-refractivity contribution is 7.90. The highest BCUT2D eigenvalue weighted by Crippen LogP contribution is 2.39. The maximum absolute atomic E-state index is 13.1. The lowest BCUT2D eigenvalue weighted by molar-refractivity contribution is 0.0266. The van der Waals surface area contributed by atoms with Crippen molar-refractivity contribution in [3.8, 4) is 12.3 Å². The van der Waals surface area contributed by atoms with Crippen LogP contribution in [0.5, 0.6) is 0 Å². The molecule has 2 fully saturated rings. The van der Waals surface area contributed by atoms with E-state index in [1.54, 1.807) is 23.8 Å². The summed E-state index contributed by atoms with van der Waals surface area (Å²) in [4.78, 5) is 24.4. The van der Waals surface area contributed by atoms with E-state index < -0.39 is 21.5 Å². The van der Waals surface area contributed by atoms with E-state index in [2.05, 4.69) is 26.1 Å². The number of rotatable bonds is 6. The summed E-state index contributed by atoms with van der Waals surface area (Å²) in [6.07, 6.45) is 12.3. The molecule has 9 nitrogen and oxygen atoms in total. The topological polar surface area (TPSA) is 117 Å². The maximum atomic E-state index is 13.1. The molecule has 3 heterocycles. The molecule has 0 aromatic carbocycles. The number of aromatic nitrogens is 3. The number of nitrogens with zero attached hydrogens (tertiary/aromatic N) is 4. The molecule has 178 valence electrons. The van der Waals surface area contributed by atoms with Gasteiger partial charge in [-0.15, -0.1) is 6.42 Å². The summed E-state index contributed by atoms with van der Waals surface area (Å²) in [6.45, 7) is 3.89. The molecule has 1 saturated carbocycles. The molecule has 2 N–H and O–H groups in total. The predicted octanol–water partition coefficient (Wildman–Crippen LogP) is 1.17. The number of anilines is 1. The molecule has 0 radical (unpaired) electrons. The minimum absolute atomic E-state index is 0.150. The molecule has 2 aliphatic rings. The van der Waals surface area contributed by atoms with Gasteiger partial charge in [0.2, 0.25) is 5.95 Å². The lowest BCUT2D eigenvalue weighted by Crippen LogP contribution is -2.41. The molecule has 10 heteroatoms. The number of hydrogen-bond acceptors (Lipinski definition) is 8. The van der Waals surface area contributed by atoms with E-state index in [9.17, 15) is 18.3 Å². The van der Waals surface area contributed by atoms with Gasteiger partial charge in [0.15, 0.2) is 0 Å². The van der Waals surface area contributed by atoms with Gasteiger partial charge in [-0.25, -0.2) is 13.4 Å². The Balaban J connectivity index is 1.57. The zero-order valence-corrected chi connectivity index (χ0v) is 19.9. The molecule has 4 rings (SSSR count). The van der Waals surface area contributed by atoms with Crippen molar-refractivity contribution in [1.29, 1.82) is 0 Å². The number of nitrogens with one attached hydrogen (secondary N) is 1. The fourth-order valence-electron chi connectivity index (χ4n) is 4.90. The van der Waals surface area contributed by atoms with Crippen LogP contribution >= 0.6 is 0 Å². The quantitative estimate of drug-likeness (QED) is 0.601. The number of pyridine rings is 1. The van der Waals surface area contributed by atoms with Crippen molar-refractivity contribution in [2.75, 3.05) is 37.0 Å². The van der Waals surface area contributed by atoms with Crippen molar-refractivity contribution >= 4 is 26.8 Å². The summed E-state index contributed by atoms with van der Waals surface area (Å²) < 4.78 is 24.4. The van der Waals surface area contributed by atoms with Crippen LogP contribution in [0.1, 0.15) is 50.6 Å². The summed E-state index contributed by atoms with van der Waals surface area (Å²) in [5, 5.41) is 14.9. The van der Waals surface area contributed by atoms with E-state index >= 15 is 0 Å². The fourth-order valence-corrected chi connectivity index (χ4v) is 5.49. The lowest BCUT2D eigenvalue weighted by atomic mass is 9.99. The predicted molar refractivity (Wildman–Crippen MR) is 128 cm³/mol. The largest absolute Gasteiger partial charge is 0.388 e. The molecule has 0 bridgehead atoms. The van der Waals surface area contributed by atoms with Crippen LogP contribution in [-0.4, -0.2) is 76.2 Å². The normalized spacial score (nSPS) is 24.7. The van der Waals surface area contributed by atoms with Gasteiger partial charge >= 0.3 is 0 Å². The molecule has 2 aromatic rings. The summed E-state index contributed by atoms with van der Waals surface area (Å²) in [7, 11) is -2.97. The molecule has 2 aromatic heterocycles. The van der Waals surface area contributed by atoms with Gasteiger partial charge < -0.3 is 15.3 Å². The Labute approximate surface area is 194 Å². The van der Waals surface area contributed by atoms with Crippen molar-refractivity contribution < 1.29 is 13.5 Å². The van der Waals surface area contributed by atoms with E-state index in [0.29, 0.717) is 36.4 Å². The zero-order valence-electron chi connectivity index (χ0n) is 19.1. The summed E-state index contributed by atoms with van der Waals surface area (Å²) in [5.41, 5.74) is -0.632. The van der Waals surface area contributed by atoms with Gasteiger partial charge in [0.05, 0.1) is 23.0 Å². The first-order chi connectivity index (χ1) is 15.6. The Morgan fingerprint density at radius 1 is 1.33 bits per heavy atom. The third-order valence-corrected chi connectivity index (χ3v) is 7.74. The Kier molecular flexibility index (Phi) is 6.49. The first kappa shape index (κ1) is 23.7. The first-order valence-electron chi connectivity index (χ1n) is 11.4. The van der Waals surface area contributed by atoms with Crippen LogP contribution in [0.25, 0.3) is 11.0 Å². The van der Waals surface area contributed by atoms with Gasteiger partial charge in [0.1, 0.15) is 15.5 Å². The van der Waals surface area contributed by atoms with Crippen LogP contribution in [0.2, 0.25) is 0 Å². The molecule has 33 heavy (non-hydrogen) atoms. The molecule has 2 atom stereocenters. The molecule has 0 unspecified atom stereocenters. The minimum Gasteiger partial charge on any atom is -0.388 e. The van der Waals surface area contributed by atoms with E-state index in [0.717, 1.165) is 32.4 Å². The van der Waals surface area contributed by atoms with Crippen LogP contribution in [0.3, 0.4) is 0 Å². The minimum atomic E-state index is -2.97. The van der Waals surface area contributed by atoms with Crippen molar-refractivity contribution in [2.45, 2.75) is 56.7 Å². The van der Waals surface area contributed by atoms with Crippen LogP contribution < -0.4 is 10.9 Å². The van der Waals surface area contributed by atoms with Crippen LogP contribution in [0, 0.1) is 12.3 Å². The molecule has 1 aliphatic carbocycles. The first-order valence-corrected chi connectivity index (χ1v) is 13.4. The fraction of sp³-hybridized carbons (Fsp3) is 0.609. The smallest absolute Gasteiger partial charge is 0.268 e. The maximum Gasteiger partial charge on any atom is 0.268 e.